The number of rotatable bonds is 3. The van der Waals surface area contributed by atoms with Gasteiger partial charge in [0.2, 0.25) is 0 Å². The van der Waals surface area contributed by atoms with Gasteiger partial charge in [-0.1, -0.05) is 37.3 Å². The summed E-state index contributed by atoms with van der Waals surface area (Å²) in [6.07, 6.45) is 7.85. The molecule has 1 aromatic carbocycles. The number of halogens is 1. The molecule has 1 saturated carbocycles. The Labute approximate surface area is 108 Å². The molecule has 17 heavy (non-hydrogen) atoms. The van der Waals surface area contributed by atoms with Gasteiger partial charge in [0, 0.05) is 12.1 Å². The molecule has 1 N–H and O–H groups in total. The van der Waals surface area contributed by atoms with Gasteiger partial charge in [0.1, 0.15) is 5.75 Å². The molecule has 0 atom stereocenters. The van der Waals surface area contributed by atoms with Crippen LogP contribution in [-0.4, -0.2) is 13.2 Å². The molecular weight excluding hydrogens is 234 g/mol. The van der Waals surface area contributed by atoms with Crippen molar-refractivity contribution in [3.05, 3.63) is 23.2 Å². The van der Waals surface area contributed by atoms with Gasteiger partial charge in [-0.3, -0.25) is 0 Å². The number of anilines is 1. The number of hydrogen-bond donors (Lipinski definition) is 1. The third-order valence-corrected chi connectivity index (χ3v) is 3.72. The van der Waals surface area contributed by atoms with E-state index >= 15 is 0 Å². The van der Waals surface area contributed by atoms with E-state index in [1.807, 2.05) is 18.2 Å². The van der Waals surface area contributed by atoms with Gasteiger partial charge in [-0.05, 0) is 25.0 Å². The van der Waals surface area contributed by atoms with Gasteiger partial charge in [0.15, 0.2) is 0 Å². The Balaban J connectivity index is 2.05. The lowest BCUT2D eigenvalue weighted by atomic mass is 10.1. The van der Waals surface area contributed by atoms with Crippen LogP contribution in [0.4, 0.5) is 5.69 Å². The van der Waals surface area contributed by atoms with E-state index < -0.39 is 0 Å². The second-order valence-corrected chi connectivity index (χ2v) is 5.09. The van der Waals surface area contributed by atoms with Crippen molar-refractivity contribution in [1.82, 2.24) is 0 Å². The molecular formula is C14H20ClNO. The topological polar surface area (TPSA) is 21.3 Å². The molecule has 0 unspecified atom stereocenters. The Morgan fingerprint density at radius 1 is 1.18 bits per heavy atom. The Hall–Kier alpha value is -0.890. The third kappa shape index (κ3) is 3.53. The molecule has 0 bridgehead atoms. The van der Waals surface area contributed by atoms with Gasteiger partial charge >= 0.3 is 0 Å². The van der Waals surface area contributed by atoms with Crippen molar-refractivity contribution in [3.63, 3.8) is 0 Å². The molecule has 1 aromatic rings. The monoisotopic (exact) mass is 253 g/mol. The first-order valence-corrected chi connectivity index (χ1v) is 6.77. The molecule has 2 nitrogen and oxygen atoms in total. The Morgan fingerprint density at radius 2 is 1.88 bits per heavy atom. The van der Waals surface area contributed by atoms with Gasteiger partial charge in [-0.15, -0.1) is 0 Å². The quantitative estimate of drug-likeness (QED) is 0.802. The highest BCUT2D eigenvalue weighted by molar-refractivity contribution is 6.33. The van der Waals surface area contributed by atoms with Crippen molar-refractivity contribution in [2.75, 3.05) is 12.4 Å². The van der Waals surface area contributed by atoms with Crippen molar-refractivity contribution in [3.8, 4) is 5.75 Å². The SMILES string of the molecule is COc1ccc(Cl)c(NC2CCCCCC2)c1. The van der Waals surface area contributed by atoms with Gasteiger partial charge < -0.3 is 10.1 Å². The van der Waals surface area contributed by atoms with Crippen LogP contribution in [0.2, 0.25) is 5.02 Å². The van der Waals surface area contributed by atoms with Crippen molar-refractivity contribution in [1.29, 1.82) is 0 Å². The zero-order chi connectivity index (χ0) is 12.1. The standard InChI is InChI=1S/C14H20ClNO/c1-17-12-8-9-13(15)14(10-12)16-11-6-4-2-3-5-7-11/h8-11,16H,2-7H2,1H3. The lowest BCUT2D eigenvalue weighted by Crippen LogP contribution is -2.18. The highest BCUT2D eigenvalue weighted by atomic mass is 35.5. The molecule has 94 valence electrons. The minimum atomic E-state index is 0.558. The summed E-state index contributed by atoms with van der Waals surface area (Å²) in [4.78, 5) is 0. The first-order chi connectivity index (χ1) is 8.29. The average molecular weight is 254 g/mol. The fraction of sp³-hybridized carbons (Fsp3) is 0.571. The molecule has 0 aliphatic heterocycles. The van der Waals surface area contributed by atoms with E-state index in [2.05, 4.69) is 5.32 Å². The molecule has 2 rings (SSSR count). The Bertz CT molecular complexity index is 359. The van der Waals surface area contributed by atoms with Crippen LogP contribution in [0.25, 0.3) is 0 Å². The first kappa shape index (κ1) is 12.6. The van der Waals surface area contributed by atoms with Crippen molar-refractivity contribution in [2.45, 2.75) is 44.6 Å². The smallest absolute Gasteiger partial charge is 0.121 e. The third-order valence-electron chi connectivity index (χ3n) is 3.39. The largest absolute Gasteiger partial charge is 0.497 e. The summed E-state index contributed by atoms with van der Waals surface area (Å²) in [5.41, 5.74) is 0.998. The van der Waals surface area contributed by atoms with E-state index in [-0.39, 0.29) is 0 Å². The molecule has 0 saturated heterocycles. The molecule has 1 fully saturated rings. The van der Waals surface area contributed by atoms with Crippen LogP contribution in [0.1, 0.15) is 38.5 Å². The zero-order valence-corrected chi connectivity index (χ0v) is 11.1. The van der Waals surface area contributed by atoms with E-state index in [0.29, 0.717) is 6.04 Å². The van der Waals surface area contributed by atoms with Gasteiger partial charge in [0.05, 0.1) is 17.8 Å². The second-order valence-electron chi connectivity index (χ2n) is 4.68. The summed E-state index contributed by atoms with van der Waals surface area (Å²) < 4.78 is 5.23. The van der Waals surface area contributed by atoms with E-state index in [0.717, 1.165) is 16.5 Å². The van der Waals surface area contributed by atoms with Crippen LogP contribution in [0.3, 0.4) is 0 Å². The fourth-order valence-corrected chi connectivity index (χ4v) is 2.56. The van der Waals surface area contributed by atoms with Crippen LogP contribution in [0, 0.1) is 0 Å². The molecule has 3 heteroatoms. The molecule has 0 heterocycles. The number of hydrogen-bond acceptors (Lipinski definition) is 2. The van der Waals surface area contributed by atoms with E-state index in [1.54, 1.807) is 7.11 Å². The van der Waals surface area contributed by atoms with Crippen LogP contribution in [-0.2, 0) is 0 Å². The minimum Gasteiger partial charge on any atom is -0.497 e. The van der Waals surface area contributed by atoms with Crippen LogP contribution < -0.4 is 10.1 Å². The normalized spacial score (nSPS) is 17.5. The van der Waals surface area contributed by atoms with Crippen LogP contribution in [0.15, 0.2) is 18.2 Å². The zero-order valence-electron chi connectivity index (χ0n) is 10.3. The molecule has 0 spiro atoms. The molecule has 0 radical (unpaired) electrons. The van der Waals surface area contributed by atoms with Crippen molar-refractivity contribution in [2.24, 2.45) is 0 Å². The summed E-state index contributed by atoms with van der Waals surface area (Å²) in [7, 11) is 1.68. The second kappa shape index (κ2) is 6.15. The van der Waals surface area contributed by atoms with Gasteiger partial charge in [-0.25, -0.2) is 0 Å². The minimum absolute atomic E-state index is 0.558. The van der Waals surface area contributed by atoms with E-state index in [9.17, 15) is 0 Å². The maximum Gasteiger partial charge on any atom is 0.121 e. The Kier molecular flexibility index (Phi) is 4.55. The molecule has 0 amide bonds. The summed E-state index contributed by atoms with van der Waals surface area (Å²) >= 11 is 6.20. The van der Waals surface area contributed by atoms with Crippen LogP contribution in [0.5, 0.6) is 5.75 Å². The summed E-state index contributed by atoms with van der Waals surface area (Å²) in [6, 6.07) is 6.31. The summed E-state index contributed by atoms with van der Waals surface area (Å²) in [5.74, 6) is 0.852. The number of benzene rings is 1. The molecule has 1 aliphatic rings. The predicted molar refractivity (Wildman–Crippen MR) is 73.1 cm³/mol. The van der Waals surface area contributed by atoms with Gasteiger partial charge in [0.25, 0.3) is 0 Å². The molecule has 1 aliphatic carbocycles. The number of methoxy groups -OCH3 is 1. The van der Waals surface area contributed by atoms with Crippen molar-refractivity contribution < 1.29 is 4.74 Å². The first-order valence-electron chi connectivity index (χ1n) is 6.39. The predicted octanol–water partition coefficient (Wildman–Crippen LogP) is 4.48. The lowest BCUT2D eigenvalue weighted by molar-refractivity contribution is 0.415. The molecule has 0 aromatic heterocycles. The Morgan fingerprint density at radius 3 is 2.53 bits per heavy atom. The fourth-order valence-electron chi connectivity index (χ4n) is 2.39. The number of nitrogens with one attached hydrogen (secondary N) is 1. The average Bonchev–Trinajstić information content (AvgIpc) is 2.60. The van der Waals surface area contributed by atoms with E-state index in [4.69, 9.17) is 16.3 Å². The highest BCUT2D eigenvalue weighted by Gasteiger charge is 2.13. The maximum atomic E-state index is 6.20. The van der Waals surface area contributed by atoms with Gasteiger partial charge in [-0.2, -0.15) is 0 Å². The van der Waals surface area contributed by atoms with E-state index in [1.165, 1.54) is 38.5 Å². The highest BCUT2D eigenvalue weighted by Crippen LogP contribution is 2.29. The summed E-state index contributed by atoms with van der Waals surface area (Å²) in [6.45, 7) is 0. The lowest BCUT2D eigenvalue weighted by Gasteiger charge is -2.19. The van der Waals surface area contributed by atoms with Crippen LogP contribution >= 0.6 is 11.6 Å². The van der Waals surface area contributed by atoms with Crippen molar-refractivity contribution >= 4 is 17.3 Å². The maximum absolute atomic E-state index is 6.20. The summed E-state index contributed by atoms with van der Waals surface area (Å²) in [5, 5.41) is 4.33. The number of ether oxygens (including phenoxy) is 1.